The lowest BCUT2D eigenvalue weighted by Crippen LogP contribution is -2.21. The summed E-state index contributed by atoms with van der Waals surface area (Å²) in [6.07, 6.45) is 0. The van der Waals surface area contributed by atoms with Gasteiger partial charge in [-0.3, -0.25) is 0 Å². The van der Waals surface area contributed by atoms with E-state index in [4.69, 9.17) is 10.4 Å². The number of nitrogen functional groups attached to an aromatic ring is 1. The van der Waals surface area contributed by atoms with Crippen LogP contribution in [0.1, 0.15) is 18.3 Å². The van der Waals surface area contributed by atoms with Crippen LogP contribution >= 0.6 is 12.4 Å². The normalized spacial score (nSPS) is 18.9. The predicted molar refractivity (Wildman–Crippen MR) is 55.1 cm³/mol. The van der Waals surface area contributed by atoms with Crippen molar-refractivity contribution in [1.82, 2.24) is 0 Å². The van der Waals surface area contributed by atoms with Crippen LogP contribution in [0.3, 0.4) is 0 Å². The fraction of sp³-hybridized carbons (Fsp3) is 0.250. The van der Waals surface area contributed by atoms with Crippen LogP contribution in [0.25, 0.3) is 0 Å². The van der Waals surface area contributed by atoms with Gasteiger partial charge in [0.25, 0.3) is 0 Å². The van der Waals surface area contributed by atoms with E-state index in [1.807, 2.05) is 19.1 Å². The molecule has 13 heavy (non-hydrogen) atoms. The number of fused-ring (bicyclic) bond motifs is 1. The van der Waals surface area contributed by atoms with E-state index < -0.39 is 7.12 Å². The van der Waals surface area contributed by atoms with Gasteiger partial charge in [-0.1, -0.05) is 13.0 Å². The lowest BCUT2D eigenvalue weighted by molar-refractivity contribution is 0.423. The summed E-state index contributed by atoms with van der Waals surface area (Å²) in [4.78, 5) is 0. The quantitative estimate of drug-likeness (QED) is 0.488. The molecule has 0 fully saturated rings. The first-order valence-electron chi connectivity index (χ1n) is 3.92. The maximum atomic E-state index is 9.35. The number of anilines is 1. The van der Waals surface area contributed by atoms with Gasteiger partial charge in [0.15, 0.2) is 0 Å². The Morgan fingerprint density at radius 2 is 2.23 bits per heavy atom. The van der Waals surface area contributed by atoms with Crippen LogP contribution < -0.4 is 10.4 Å². The first-order valence-corrected chi connectivity index (χ1v) is 3.92. The maximum absolute atomic E-state index is 9.35. The monoisotopic (exact) mass is 199 g/mol. The van der Waals surface area contributed by atoms with Crippen molar-refractivity contribution in [2.24, 2.45) is 0 Å². The average Bonchev–Trinajstić information content (AvgIpc) is 2.28. The zero-order valence-corrected chi connectivity index (χ0v) is 8.04. The van der Waals surface area contributed by atoms with E-state index in [-0.39, 0.29) is 18.2 Å². The largest absolute Gasteiger partial charge is 0.535 e. The molecule has 0 aromatic heterocycles. The minimum atomic E-state index is -0.721. The second-order valence-electron chi connectivity index (χ2n) is 3.09. The molecule has 0 saturated carbocycles. The number of rotatable bonds is 0. The van der Waals surface area contributed by atoms with Gasteiger partial charge in [0, 0.05) is 17.6 Å². The molecule has 70 valence electrons. The number of benzene rings is 1. The summed E-state index contributed by atoms with van der Waals surface area (Å²) in [6.45, 7) is 1.92. The molecule has 0 spiro atoms. The van der Waals surface area contributed by atoms with E-state index in [9.17, 15) is 5.02 Å². The van der Waals surface area contributed by atoms with Gasteiger partial charge in [0.1, 0.15) is 5.75 Å². The molecule has 0 aliphatic carbocycles. The third-order valence-electron chi connectivity index (χ3n) is 2.20. The predicted octanol–water partition coefficient (Wildman–Crippen LogP) is 1.21. The van der Waals surface area contributed by atoms with E-state index in [0.717, 1.165) is 5.56 Å². The highest BCUT2D eigenvalue weighted by Crippen LogP contribution is 2.36. The highest BCUT2D eigenvalue weighted by molar-refractivity contribution is 6.47. The van der Waals surface area contributed by atoms with Crippen LogP contribution in [0.4, 0.5) is 5.69 Å². The van der Waals surface area contributed by atoms with Crippen molar-refractivity contribution < 1.29 is 9.68 Å². The van der Waals surface area contributed by atoms with E-state index in [2.05, 4.69) is 0 Å². The lowest BCUT2D eigenvalue weighted by Gasteiger charge is -2.00. The molecule has 0 radical (unpaired) electrons. The van der Waals surface area contributed by atoms with E-state index >= 15 is 0 Å². The number of hydrogen-bond donors (Lipinski definition) is 2. The Hall–Kier alpha value is -0.865. The molecule has 1 aromatic rings. The smallest absolute Gasteiger partial charge is 0.530 e. The van der Waals surface area contributed by atoms with E-state index in [0.29, 0.717) is 11.4 Å². The summed E-state index contributed by atoms with van der Waals surface area (Å²) in [5, 5.41) is 9.35. The van der Waals surface area contributed by atoms with Crippen LogP contribution in [-0.4, -0.2) is 12.1 Å². The highest BCUT2D eigenvalue weighted by atomic mass is 35.5. The standard InChI is InChI=1S/C8H10BNO2.ClH/c1-5-7-3-2-6(10)4-8(7)12-9(5)11;/h2-5,11H,10H2,1H3;1H. The molecule has 1 heterocycles. The van der Waals surface area contributed by atoms with Crippen molar-refractivity contribution in [3.05, 3.63) is 23.8 Å². The van der Waals surface area contributed by atoms with Gasteiger partial charge in [-0.25, -0.2) is 0 Å². The fourth-order valence-electron chi connectivity index (χ4n) is 1.41. The van der Waals surface area contributed by atoms with E-state index in [1.165, 1.54) is 0 Å². The van der Waals surface area contributed by atoms with Crippen LogP contribution in [0, 0.1) is 0 Å². The summed E-state index contributed by atoms with van der Waals surface area (Å²) in [7, 11) is -0.721. The number of halogens is 1. The van der Waals surface area contributed by atoms with Crippen molar-refractivity contribution in [3.63, 3.8) is 0 Å². The third-order valence-corrected chi connectivity index (χ3v) is 2.20. The molecule has 1 aliphatic heterocycles. The van der Waals surface area contributed by atoms with Crippen LogP contribution in [0.2, 0.25) is 0 Å². The SMILES string of the molecule is CC1B(O)Oc2cc(N)ccc21.Cl. The summed E-state index contributed by atoms with van der Waals surface area (Å²) in [6, 6.07) is 5.45. The molecule has 0 bridgehead atoms. The molecule has 1 unspecified atom stereocenters. The Kier molecular flexibility index (Phi) is 2.73. The molecule has 2 rings (SSSR count). The van der Waals surface area contributed by atoms with Crippen LogP contribution in [-0.2, 0) is 0 Å². The van der Waals surface area contributed by atoms with Gasteiger partial charge in [0.05, 0.1) is 0 Å². The maximum Gasteiger partial charge on any atom is 0.530 e. The van der Waals surface area contributed by atoms with Gasteiger partial charge < -0.3 is 15.4 Å². The Labute approximate surface area is 83.4 Å². The minimum Gasteiger partial charge on any atom is -0.535 e. The van der Waals surface area contributed by atoms with E-state index in [1.54, 1.807) is 6.07 Å². The fourth-order valence-corrected chi connectivity index (χ4v) is 1.41. The van der Waals surface area contributed by atoms with Crippen LogP contribution in [0.5, 0.6) is 5.75 Å². The molecule has 5 heteroatoms. The molecule has 0 amide bonds. The average molecular weight is 199 g/mol. The first kappa shape index (κ1) is 10.2. The molecule has 0 saturated heterocycles. The van der Waals surface area contributed by atoms with Gasteiger partial charge in [-0.2, -0.15) is 0 Å². The number of nitrogens with two attached hydrogens (primary N) is 1. The molecule has 3 N–H and O–H groups in total. The topological polar surface area (TPSA) is 55.5 Å². The summed E-state index contributed by atoms with van der Waals surface area (Å²) >= 11 is 0. The summed E-state index contributed by atoms with van der Waals surface area (Å²) in [5.41, 5.74) is 7.25. The zero-order chi connectivity index (χ0) is 8.72. The molecular formula is C8H11BClNO2. The molecule has 1 aliphatic rings. The second kappa shape index (κ2) is 3.48. The Morgan fingerprint density at radius 1 is 1.54 bits per heavy atom. The Morgan fingerprint density at radius 3 is 2.92 bits per heavy atom. The molecular weight excluding hydrogens is 188 g/mol. The van der Waals surface area contributed by atoms with Crippen molar-refractivity contribution in [2.45, 2.75) is 12.7 Å². The second-order valence-corrected chi connectivity index (χ2v) is 3.09. The van der Waals surface area contributed by atoms with Crippen LogP contribution in [0.15, 0.2) is 18.2 Å². The van der Waals surface area contributed by atoms with Gasteiger partial charge in [0.2, 0.25) is 0 Å². The molecule has 1 atom stereocenters. The van der Waals surface area contributed by atoms with Crippen molar-refractivity contribution in [3.8, 4) is 5.75 Å². The summed E-state index contributed by atoms with van der Waals surface area (Å²) in [5.74, 6) is 0.746. The van der Waals surface area contributed by atoms with Crippen molar-refractivity contribution in [2.75, 3.05) is 5.73 Å². The Balaban J connectivity index is 0.000000845. The third kappa shape index (κ3) is 1.60. The van der Waals surface area contributed by atoms with Crippen molar-refractivity contribution >= 4 is 25.2 Å². The van der Waals surface area contributed by atoms with Gasteiger partial charge in [-0.05, 0) is 11.6 Å². The van der Waals surface area contributed by atoms with Crippen molar-refractivity contribution in [1.29, 1.82) is 0 Å². The van der Waals surface area contributed by atoms with Gasteiger partial charge in [-0.15, -0.1) is 12.4 Å². The molecule has 3 nitrogen and oxygen atoms in total. The first-order chi connectivity index (χ1) is 5.68. The zero-order valence-electron chi connectivity index (χ0n) is 7.23. The molecule has 1 aromatic carbocycles. The van der Waals surface area contributed by atoms with Gasteiger partial charge >= 0.3 is 7.12 Å². The lowest BCUT2D eigenvalue weighted by atomic mass is 9.72. The Bertz CT molecular complexity index is 321. The highest BCUT2D eigenvalue weighted by Gasteiger charge is 2.35. The summed E-state index contributed by atoms with van der Waals surface area (Å²) < 4.78 is 5.18. The number of hydrogen-bond acceptors (Lipinski definition) is 3. The minimum absolute atomic E-state index is 0.